The smallest absolute Gasteiger partial charge is 0.251 e. The number of fused-ring (bicyclic) bond motifs is 2. The first kappa shape index (κ1) is 14.4. The van der Waals surface area contributed by atoms with E-state index in [4.69, 9.17) is 4.74 Å². The normalized spacial score (nSPS) is 33.0. The molecule has 21 heavy (non-hydrogen) atoms. The number of carbonyl (C=O) groups excluding carboxylic acids is 1. The van der Waals surface area contributed by atoms with Crippen molar-refractivity contribution in [1.82, 2.24) is 5.32 Å². The topological polar surface area (TPSA) is 38.3 Å². The second-order valence-electron chi connectivity index (χ2n) is 7.37. The van der Waals surface area contributed by atoms with Gasteiger partial charge in [0.1, 0.15) is 5.75 Å². The maximum absolute atomic E-state index is 12.5. The number of benzene rings is 1. The summed E-state index contributed by atoms with van der Waals surface area (Å²) in [4.78, 5) is 12.5. The molecule has 0 radical (unpaired) electrons. The minimum Gasteiger partial charge on any atom is -0.497 e. The zero-order valence-corrected chi connectivity index (χ0v) is 13.4. The van der Waals surface area contributed by atoms with Crippen molar-refractivity contribution in [3.8, 4) is 5.75 Å². The fourth-order valence-electron chi connectivity index (χ4n) is 4.41. The van der Waals surface area contributed by atoms with E-state index in [1.807, 2.05) is 24.3 Å². The van der Waals surface area contributed by atoms with E-state index in [0.29, 0.717) is 17.0 Å². The van der Waals surface area contributed by atoms with Crippen molar-refractivity contribution in [3.63, 3.8) is 0 Å². The number of rotatable bonds is 3. The number of amides is 1. The highest BCUT2D eigenvalue weighted by Gasteiger charge is 2.61. The van der Waals surface area contributed by atoms with Crippen molar-refractivity contribution < 1.29 is 9.53 Å². The van der Waals surface area contributed by atoms with E-state index in [1.54, 1.807) is 7.11 Å². The Morgan fingerprint density at radius 2 is 1.90 bits per heavy atom. The number of nitrogens with one attached hydrogen (secondary N) is 1. The highest BCUT2D eigenvalue weighted by molar-refractivity contribution is 5.94. The first-order valence-electron chi connectivity index (χ1n) is 7.83. The number of carbonyl (C=O) groups is 1. The molecule has 1 amide bonds. The lowest BCUT2D eigenvalue weighted by Crippen LogP contribution is -2.46. The average Bonchev–Trinajstić information content (AvgIpc) is 2.80. The van der Waals surface area contributed by atoms with Gasteiger partial charge in [-0.05, 0) is 60.3 Å². The van der Waals surface area contributed by atoms with Crippen LogP contribution in [0.15, 0.2) is 24.3 Å². The summed E-state index contributed by atoms with van der Waals surface area (Å²) in [5.74, 6) is 1.55. The van der Waals surface area contributed by atoms with Crippen molar-refractivity contribution in [1.29, 1.82) is 0 Å². The summed E-state index contributed by atoms with van der Waals surface area (Å²) >= 11 is 0. The van der Waals surface area contributed by atoms with Gasteiger partial charge in [-0.1, -0.05) is 20.8 Å². The van der Waals surface area contributed by atoms with E-state index in [-0.39, 0.29) is 11.3 Å². The third kappa shape index (κ3) is 2.05. The summed E-state index contributed by atoms with van der Waals surface area (Å²) in [5.41, 5.74) is 1.25. The molecule has 3 atom stereocenters. The fraction of sp³-hybridized carbons (Fsp3) is 0.611. The maximum Gasteiger partial charge on any atom is 0.251 e. The van der Waals surface area contributed by atoms with Gasteiger partial charge in [0.15, 0.2) is 0 Å². The molecule has 2 aliphatic rings. The Morgan fingerprint density at radius 3 is 2.38 bits per heavy atom. The van der Waals surface area contributed by atoms with Crippen LogP contribution in [0.25, 0.3) is 0 Å². The predicted octanol–water partition coefficient (Wildman–Crippen LogP) is 3.64. The molecule has 0 saturated heterocycles. The molecule has 3 rings (SSSR count). The molecule has 2 bridgehead atoms. The lowest BCUT2D eigenvalue weighted by molar-refractivity contribution is 0.0826. The van der Waals surface area contributed by atoms with E-state index in [2.05, 4.69) is 26.1 Å². The standard InChI is InChI=1S/C18H25NO2/c1-17(2)13-9-10-18(17,3)15(11-13)19-16(20)12-5-7-14(21-4)8-6-12/h5-8,13,15H,9-11H2,1-4H3,(H,19,20)/t13-,15-,18+/m0/s1. The van der Waals surface area contributed by atoms with E-state index in [0.717, 1.165) is 18.1 Å². The molecule has 1 N–H and O–H groups in total. The lowest BCUT2D eigenvalue weighted by atomic mass is 9.69. The molecule has 3 heteroatoms. The van der Waals surface area contributed by atoms with Gasteiger partial charge in [-0.2, -0.15) is 0 Å². The second-order valence-corrected chi connectivity index (χ2v) is 7.37. The molecule has 1 aromatic rings. The zero-order chi connectivity index (χ0) is 15.3. The third-order valence-corrected chi connectivity index (χ3v) is 6.45. The molecular weight excluding hydrogens is 262 g/mol. The Kier molecular flexibility index (Phi) is 3.27. The Balaban J connectivity index is 1.74. The van der Waals surface area contributed by atoms with Gasteiger partial charge in [-0.25, -0.2) is 0 Å². The predicted molar refractivity (Wildman–Crippen MR) is 83.5 cm³/mol. The van der Waals surface area contributed by atoms with Crippen molar-refractivity contribution in [2.75, 3.05) is 7.11 Å². The summed E-state index contributed by atoms with van der Waals surface area (Å²) in [6.07, 6.45) is 3.64. The quantitative estimate of drug-likeness (QED) is 0.921. The maximum atomic E-state index is 12.5. The Hall–Kier alpha value is -1.51. The van der Waals surface area contributed by atoms with Crippen LogP contribution in [-0.2, 0) is 0 Å². The SMILES string of the molecule is COc1ccc(C(=O)N[C@H]2C[C@@H]3CC[C@@]2(C)C3(C)C)cc1. The van der Waals surface area contributed by atoms with E-state index >= 15 is 0 Å². The van der Waals surface area contributed by atoms with Crippen LogP contribution in [0, 0.1) is 16.7 Å². The van der Waals surface area contributed by atoms with Crippen LogP contribution in [0.3, 0.4) is 0 Å². The van der Waals surface area contributed by atoms with Crippen molar-refractivity contribution in [2.45, 2.75) is 46.1 Å². The van der Waals surface area contributed by atoms with E-state index < -0.39 is 0 Å². The number of hydrogen-bond donors (Lipinski definition) is 1. The number of ether oxygens (including phenoxy) is 1. The highest BCUT2D eigenvalue weighted by atomic mass is 16.5. The van der Waals surface area contributed by atoms with Crippen LogP contribution >= 0.6 is 0 Å². The Morgan fingerprint density at radius 1 is 1.24 bits per heavy atom. The molecule has 0 unspecified atom stereocenters. The van der Waals surface area contributed by atoms with Gasteiger partial charge in [-0.3, -0.25) is 4.79 Å². The van der Waals surface area contributed by atoms with Crippen LogP contribution in [0.5, 0.6) is 5.75 Å². The van der Waals surface area contributed by atoms with E-state index in [1.165, 1.54) is 12.8 Å². The van der Waals surface area contributed by atoms with Gasteiger partial charge < -0.3 is 10.1 Å². The van der Waals surface area contributed by atoms with Crippen LogP contribution < -0.4 is 10.1 Å². The number of hydrogen-bond acceptors (Lipinski definition) is 2. The van der Waals surface area contributed by atoms with Crippen LogP contribution in [-0.4, -0.2) is 19.1 Å². The largest absolute Gasteiger partial charge is 0.497 e. The van der Waals surface area contributed by atoms with Crippen molar-refractivity contribution in [3.05, 3.63) is 29.8 Å². The monoisotopic (exact) mass is 287 g/mol. The summed E-state index contributed by atoms with van der Waals surface area (Å²) in [6.45, 7) is 7.08. The molecule has 3 nitrogen and oxygen atoms in total. The highest BCUT2D eigenvalue weighted by Crippen LogP contribution is 2.65. The van der Waals surface area contributed by atoms with Crippen LogP contribution in [0.4, 0.5) is 0 Å². The third-order valence-electron chi connectivity index (χ3n) is 6.45. The summed E-state index contributed by atoms with van der Waals surface area (Å²) in [7, 11) is 1.63. The molecule has 2 fully saturated rings. The Bertz CT molecular complexity index is 549. The fourth-order valence-corrected chi connectivity index (χ4v) is 4.41. The van der Waals surface area contributed by atoms with Crippen molar-refractivity contribution in [2.24, 2.45) is 16.7 Å². The Labute approximate surface area is 127 Å². The molecule has 1 aromatic carbocycles. The van der Waals surface area contributed by atoms with Gasteiger partial charge in [0.25, 0.3) is 5.91 Å². The van der Waals surface area contributed by atoms with Gasteiger partial charge in [0.05, 0.1) is 7.11 Å². The van der Waals surface area contributed by atoms with Gasteiger partial charge in [0, 0.05) is 11.6 Å². The molecule has 0 spiro atoms. The molecule has 0 heterocycles. The van der Waals surface area contributed by atoms with E-state index in [9.17, 15) is 4.79 Å². The number of methoxy groups -OCH3 is 1. The zero-order valence-electron chi connectivity index (χ0n) is 13.4. The minimum absolute atomic E-state index is 0.0345. The molecule has 2 saturated carbocycles. The first-order chi connectivity index (χ1) is 9.88. The lowest BCUT2D eigenvalue weighted by Gasteiger charge is -2.39. The molecule has 2 aliphatic carbocycles. The molecule has 114 valence electrons. The summed E-state index contributed by atoms with van der Waals surface area (Å²) in [5, 5.41) is 3.28. The summed E-state index contributed by atoms with van der Waals surface area (Å²) < 4.78 is 5.13. The first-order valence-corrected chi connectivity index (χ1v) is 7.83. The van der Waals surface area contributed by atoms with Crippen molar-refractivity contribution >= 4 is 5.91 Å². The molecule has 0 aromatic heterocycles. The molecule has 0 aliphatic heterocycles. The molecular formula is C18H25NO2. The summed E-state index contributed by atoms with van der Waals surface area (Å²) in [6, 6.07) is 7.62. The van der Waals surface area contributed by atoms with Gasteiger partial charge >= 0.3 is 0 Å². The minimum atomic E-state index is 0.0345. The average molecular weight is 287 g/mol. The second kappa shape index (κ2) is 4.75. The van der Waals surface area contributed by atoms with Crippen LogP contribution in [0.1, 0.15) is 50.4 Å². The van der Waals surface area contributed by atoms with Gasteiger partial charge in [0.2, 0.25) is 0 Å². The van der Waals surface area contributed by atoms with Crippen LogP contribution in [0.2, 0.25) is 0 Å². The van der Waals surface area contributed by atoms with Gasteiger partial charge in [-0.15, -0.1) is 0 Å².